The number of hydrogen-bond acceptors (Lipinski definition) is 2. The van der Waals surface area contributed by atoms with Crippen molar-refractivity contribution in [2.24, 2.45) is 5.73 Å². The number of anilines is 1. The van der Waals surface area contributed by atoms with Crippen LogP contribution in [-0.4, -0.2) is 12.1 Å². The van der Waals surface area contributed by atoms with Crippen LogP contribution in [0.4, 0.5) is 10.1 Å². The highest BCUT2D eigenvalue weighted by Gasteiger charge is 2.35. The molecule has 1 saturated carbocycles. The van der Waals surface area contributed by atoms with E-state index >= 15 is 0 Å². The van der Waals surface area contributed by atoms with Crippen LogP contribution in [-0.2, 0) is 0 Å². The summed E-state index contributed by atoms with van der Waals surface area (Å²) in [7, 11) is 0. The third kappa shape index (κ3) is 1.73. The first-order chi connectivity index (χ1) is 6.74. The van der Waals surface area contributed by atoms with E-state index in [1.807, 2.05) is 0 Å². The van der Waals surface area contributed by atoms with Gasteiger partial charge in [-0.2, -0.15) is 0 Å². The second kappa shape index (κ2) is 3.58. The van der Waals surface area contributed by atoms with E-state index in [1.54, 1.807) is 12.1 Å². The molecular weight excluding hydrogens is 179 g/mol. The van der Waals surface area contributed by atoms with Crippen LogP contribution in [0.2, 0.25) is 0 Å². The molecule has 0 spiro atoms. The first-order valence-electron chi connectivity index (χ1n) is 4.98. The number of rotatable bonds is 3. The molecule has 1 aliphatic rings. The Morgan fingerprint density at radius 3 is 2.36 bits per heavy atom. The highest BCUT2D eigenvalue weighted by molar-refractivity contribution is 5.46. The quantitative estimate of drug-likeness (QED) is 0.773. The maximum absolute atomic E-state index is 12.6. The van der Waals surface area contributed by atoms with Gasteiger partial charge in [-0.3, -0.25) is 0 Å². The molecule has 1 aromatic rings. The predicted octanol–water partition coefficient (Wildman–Crippen LogP) is 2.12. The molecule has 1 aliphatic carbocycles. The van der Waals surface area contributed by atoms with Gasteiger partial charge >= 0.3 is 0 Å². The summed E-state index contributed by atoms with van der Waals surface area (Å²) in [5.41, 5.74) is 6.73. The molecule has 0 aliphatic heterocycles. The van der Waals surface area contributed by atoms with E-state index in [1.165, 1.54) is 18.6 Å². The van der Waals surface area contributed by atoms with Gasteiger partial charge in [-0.1, -0.05) is 0 Å². The summed E-state index contributed by atoms with van der Waals surface area (Å²) in [5.74, 6) is -0.203. The lowest BCUT2D eigenvalue weighted by atomic mass is 9.76. The van der Waals surface area contributed by atoms with Gasteiger partial charge in [0.2, 0.25) is 0 Å². The topological polar surface area (TPSA) is 38.0 Å². The highest BCUT2D eigenvalue weighted by atomic mass is 19.1. The monoisotopic (exact) mass is 194 g/mol. The fraction of sp³-hybridized carbons (Fsp3) is 0.455. The Balaban J connectivity index is 2.06. The second-order valence-corrected chi connectivity index (χ2v) is 3.97. The standard InChI is InChI=1S/C11H15FN2/c12-9-2-4-10(5-3-9)14-11(8-13)6-1-7-11/h2-5,14H,1,6-8,13H2. The van der Waals surface area contributed by atoms with Crippen molar-refractivity contribution < 1.29 is 4.39 Å². The van der Waals surface area contributed by atoms with Crippen LogP contribution in [0.1, 0.15) is 19.3 Å². The molecule has 76 valence electrons. The van der Waals surface area contributed by atoms with Gasteiger partial charge in [-0.05, 0) is 43.5 Å². The average Bonchev–Trinajstić information content (AvgIpc) is 2.15. The lowest BCUT2D eigenvalue weighted by molar-refractivity contribution is 0.287. The SMILES string of the molecule is NCC1(Nc2ccc(F)cc2)CCC1. The smallest absolute Gasteiger partial charge is 0.123 e. The Morgan fingerprint density at radius 2 is 1.93 bits per heavy atom. The molecule has 1 fully saturated rings. The van der Waals surface area contributed by atoms with Crippen LogP contribution in [0.5, 0.6) is 0 Å². The van der Waals surface area contributed by atoms with Crippen LogP contribution in [0.3, 0.4) is 0 Å². The molecule has 0 heterocycles. The minimum Gasteiger partial charge on any atom is -0.378 e. The maximum atomic E-state index is 12.6. The second-order valence-electron chi connectivity index (χ2n) is 3.97. The molecule has 2 rings (SSSR count). The van der Waals surface area contributed by atoms with Gasteiger partial charge in [-0.25, -0.2) is 4.39 Å². The van der Waals surface area contributed by atoms with Crippen LogP contribution in [0.25, 0.3) is 0 Å². The summed E-state index contributed by atoms with van der Waals surface area (Å²) in [6.45, 7) is 0.643. The van der Waals surface area contributed by atoms with E-state index in [0.717, 1.165) is 18.5 Å². The van der Waals surface area contributed by atoms with Gasteiger partial charge < -0.3 is 11.1 Å². The fourth-order valence-corrected chi connectivity index (χ4v) is 1.82. The van der Waals surface area contributed by atoms with Crippen molar-refractivity contribution in [3.8, 4) is 0 Å². The van der Waals surface area contributed by atoms with Crippen LogP contribution in [0.15, 0.2) is 24.3 Å². The Morgan fingerprint density at radius 1 is 1.29 bits per heavy atom. The molecule has 0 saturated heterocycles. The molecule has 0 bridgehead atoms. The Bertz CT molecular complexity index is 298. The number of halogens is 1. The van der Waals surface area contributed by atoms with Gasteiger partial charge in [0.05, 0.1) is 0 Å². The summed E-state index contributed by atoms with van der Waals surface area (Å²) in [5, 5.41) is 3.38. The molecule has 2 nitrogen and oxygen atoms in total. The minimum absolute atomic E-state index is 0.0673. The fourth-order valence-electron chi connectivity index (χ4n) is 1.82. The summed E-state index contributed by atoms with van der Waals surface area (Å²) in [6, 6.07) is 6.44. The molecule has 1 aromatic carbocycles. The number of nitrogens with two attached hydrogens (primary N) is 1. The van der Waals surface area contributed by atoms with Crippen molar-refractivity contribution in [2.75, 3.05) is 11.9 Å². The molecule has 14 heavy (non-hydrogen) atoms. The van der Waals surface area contributed by atoms with E-state index in [-0.39, 0.29) is 11.4 Å². The molecule has 0 unspecified atom stereocenters. The van der Waals surface area contributed by atoms with Gasteiger partial charge in [0.1, 0.15) is 5.82 Å². The molecule has 0 atom stereocenters. The summed E-state index contributed by atoms with van der Waals surface area (Å²) >= 11 is 0. The Hall–Kier alpha value is -1.09. The van der Waals surface area contributed by atoms with Crippen molar-refractivity contribution in [3.63, 3.8) is 0 Å². The molecule has 3 N–H and O–H groups in total. The normalized spacial score (nSPS) is 18.7. The van der Waals surface area contributed by atoms with Gasteiger partial charge in [0.25, 0.3) is 0 Å². The predicted molar refractivity (Wildman–Crippen MR) is 55.7 cm³/mol. The van der Waals surface area contributed by atoms with Crippen molar-refractivity contribution in [2.45, 2.75) is 24.8 Å². The van der Waals surface area contributed by atoms with Gasteiger partial charge in [0.15, 0.2) is 0 Å². The maximum Gasteiger partial charge on any atom is 0.123 e. The summed E-state index contributed by atoms with van der Waals surface area (Å²) in [4.78, 5) is 0. The largest absolute Gasteiger partial charge is 0.378 e. The lowest BCUT2D eigenvalue weighted by Crippen LogP contribution is -2.51. The molecule has 0 radical (unpaired) electrons. The van der Waals surface area contributed by atoms with Crippen molar-refractivity contribution in [1.29, 1.82) is 0 Å². The molecular formula is C11H15FN2. The first kappa shape index (κ1) is 9.46. The zero-order chi connectivity index (χ0) is 10.0. The molecule has 0 aromatic heterocycles. The van der Waals surface area contributed by atoms with Crippen molar-refractivity contribution in [3.05, 3.63) is 30.1 Å². The third-order valence-electron chi connectivity index (χ3n) is 2.96. The number of nitrogens with one attached hydrogen (secondary N) is 1. The van der Waals surface area contributed by atoms with Crippen LogP contribution in [0, 0.1) is 5.82 Å². The van der Waals surface area contributed by atoms with E-state index in [4.69, 9.17) is 5.73 Å². The average molecular weight is 194 g/mol. The van der Waals surface area contributed by atoms with Crippen LogP contribution >= 0.6 is 0 Å². The Labute approximate surface area is 83.3 Å². The highest BCUT2D eigenvalue weighted by Crippen LogP contribution is 2.34. The van der Waals surface area contributed by atoms with E-state index < -0.39 is 0 Å². The van der Waals surface area contributed by atoms with Crippen LogP contribution < -0.4 is 11.1 Å². The Kier molecular flexibility index (Phi) is 2.42. The van der Waals surface area contributed by atoms with Gasteiger partial charge in [-0.15, -0.1) is 0 Å². The molecule has 0 amide bonds. The van der Waals surface area contributed by atoms with Crippen molar-refractivity contribution >= 4 is 5.69 Å². The summed E-state index contributed by atoms with van der Waals surface area (Å²) in [6.07, 6.45) is 3.45. The third-order valence-corrected chi connectivity index (χ3v) is 2.96. The first-order valence-corrected chi connectivity index (χ1v) is 4.98. The van der Waals surface area contributed by atoms with Gasteiger partial charge in [0, 0.05) is 17.8 Å². The zero-order valence-corrected chi connectivity index (χ0v) is 8.09. The number of benzene rings is 1. The van der Waals surface area contributed by atoms with E-state index in [2.05, 4.69) is 5.32 Å². The van der Waals surface area contributed by atoms with E-state index in [0.29, 0.717) is 6.54 Å². The summed E-state index contributed by atoms with van der Waals surface area (Å²) < 4.78 is 12.6. The minimum atomic E-state index is -0.203. The zero-order valence-electron chi connectivity index (χ0n) is 8.09. The molecule has 3 heteroatoms. The van der Waals surface area contributed by atoms with E-state index in [9.17, 15) is 4.39 Å². The lowest BCUT2D eigenvalue weighted by Gasteiger charge is -2.42. The van der Waals surface area contributed by atoms with Crippen molar-refractivity contribution in [1.82, 2.24) is 0 Å². The number of hydrogen-bond donors (Lipinski definition) is 2.